The lowest BCUT2D eigenvalue weighted by molar-refractivity contribution is 0.867. The Balaban J connectivity index is 2.29. The van der Waals surface area contributed by atoms with E-state index in [1.54, 1.807) is 6.08 Å². The van der Waals surface area contributed by atoms with E-state index in [1.807, 2.05) is 18.3 Å². The van der Waals surface area contributed by atoms with Crippen LogP contribution in [0, 0.1) is 0 Å². The minimum atomic E-state index is 0.570. The molecule has 86 valence electrons. The van der Waals surface area contributed by atoms with Crippen LogP contribution in [0.25, 0.3) is 17.3 Å². The van der Waals surface area contributed by atoms with Crippen molar-refractivity contribution in [2.75, 3.05) is 0 Å². The quantitative estimate of drug-likeness (QED) is 0.745. The molecular formula is C16H17N. The Kier molecular flexibility index (Phi) is 3.38. The molecule has 0 fully saturated rings. The number of aromatic nitrogens is 1. The van der Waals surface area contributed by atoms with Crippen LogP contribution in [0.15, 0.2) is 49.2 Å². The zero-order valence-corrected chi connectivity index (χ0v) is 10.4. The van der Waals surface area contributed by atoms with E-state index >= 15 is 0 Å². The zero-order chi connectivity index (χ0) is 12.3. The standard InChI is InChI=1S/C16H17N/c1-4-13-5-10-16(17-11-13)15-8-6-14(7-9-15)12(2)3/h4-12H,1H2,2-3H3. The minimum absolute atomic E-state index is 0.570. The predicted octanol–water partition coefficient (Wildman–Crippen LogP) is 4.52. The van der Waals surface area contributed by atoms with Crippen LogP contribution in [0.1, 0.15) is 30.9 Å². The normalized spacial score (nSPS) is 10.5. The average molecular weight is 223 g/mol. The van der Waals surface area contributed by atoms with Gasteiger partial charge in [0.15, 0.2) is 0 Å². The molecule has 1 heterocycles. The van der Waals surface area contributed by atoms with E-state index in [1.165, 1.54) is 5.56 Å². The maximum atomic E-state index is 4.42. The van der Waals surface area contributed by atoms with E-state index in [-0.39, 0.29) is 0 Å². The molecule has 1 nitrogen and oxygen atoms in total. The maximum absolute atomic E-state index is 4.42. The summed E-state index contributed by atoms with van der Waals surface area (Å²) in [7, 11) is 0. The molecule has 0 unspecified atom stereocenters. The number of nitrogens with zero attached hydrogens (tertiary/aromatic N) is 1. The lowest BCUT2D eigenvalue weighted by Gasteiger charge is -2.06. The molecule has 1 aromatic heterocycles. The third-order valence-electron chi connectivity index (χ3n) is 2.90. The first-order valence-corrected chi connectivity index (χ1v) is 5.89. The van der Waals surface area contributed by atoms with Crippen LogP contribution >= 0.6 is 0 Å². The van der Waals surface area contributed by atoms with Crippen LogP contribution in [-0.4, -0.2) is 4.98 Å². The second kappa shape index (κ2) is 4.96. The summed E-state index contributed by atoms with van der Waals surface area (Å²) in [6.45, 7) is 8.13. The highest BCUT2D eigenvalue weighted by Crippen LogP contribution is 2.21. The molecule has 0 aliphatic rings. The van der Waals surface area contributed by atoms with Gasteiger partial charge in [-0.1, -0.05) is 56.8 Å². The number of rotatable bonds is 3. The van der Waals surface area contributed by atoms with Gasteiger partial charge in [0.2, 0.25) is 0 Å². The summed E-state index contributed by atoms with van der Waals surface area (Å²) >= 11 is 0. The van der Waals surface area contributed by atoms with Gasteiger partial charge in [0.1, 0.15) is 0 Å². The molecule has 2 aromatic rings. The van der Waals surface area contributed by atoms with Crippen molar-refractivity contribution in [2.45, 2.75) is 19.8 Å². The van der Waals surface area contributed by atoms with Crippen molar-refractivity contribution in [1.82, 2.24) is 4.98 Å². The number of pyridine rings is 1. The van der Waals surface area contributed by atoms with Crippen molar-refractivity contribution in [3.8, 4) is 11.3 Å². The number of hydrogen-bond donors (Lipinski definition) is 0. The van der Waals surface area contributed by atoms with E-state index in [2.05, 4.69) is 49.7 Å². The molecule has 17 heavy (non-hydrogen) atoms. The van der Waals surface area contributed by atoms with Crippen molar-refractivity contribution < 1.29 is 0 Å². The highest BCUT2D eigenvalue weighted by Gasteiger charge is 2.01. The highest BCUT2D eigenvalue weighted by atomic mass is 14.7. The Morgan fingerprint density at radius 1 is 1.06 bits per heavy atom. The zero-order valence-electron chi connectivity index (χ0n) is 10.4. The summed E-state index contributed by atoms with van der Waals surface area (Å²) < 4.78 is 0. The Morgan fingerprint density at radius 2 is 1.76 bits per heavy atom. The highest BCUT2D eigenvalue weighted by molar-refractivity contribution is 5.61. The summed E-state index contributed by atoms with van der Waals surface area (Å²) in [5, 5.41) is 0. The first-order chi connectivity index (χ1) is 8.20. The van der Waals surface area contributed by atoms with Crippen molar-refractivity contribution >= 4 is 6.08 Å². The van der Waals surface area contributed by atoms with Gasteiger partial charge >= 0.3 is 0 Å². The number of hydrogen-bond acceptors (Lipinski definition) is 1. The van der Waals surface area contributed by atoms with Crippen molar-refractivity contribution in [3.05, 3.63) is 60.3 Å². The fourth-order valence-corrected chi connectivity index (χ4v) is 1.74. The van der Waals surface area contributed by atoms with Gasteiger partial charge in [0.25, 0.3) is 0 Å². The Bertz CT molecular complexity index is 492. The fourth-order valence-electron chi connectivity index (χ4n) is 1.74. The van der Waals surface area contributed by atoms with Crippen molar-refractivity contribution in [2.24, 2.45) is 0 Å². The summed E-state index contributed by atoms with van der Waals surface area (Å²) in [5.41, 5.74) is 4.57. The molecule has 0 aliphatic carbocycles. The van der Waals surface area contributed by atoms with Gasteiger partial charge < -0.3 is 0 Å². The summed E-state index contributed by atoms with van der Waals surface area (Å²) in [4.78, 5) is 4.42. The summed E-state index contributed by atoms with van der Waals surface area (Å²) in [6.07, 6.45) is 3.65. The first-order valence-electron chi connectivity index (χ1n) is 5.89. The largest absolute Gasteiger partial charge is 0.256 e. The van der Waals surface area contributed by atoms with Gasteiger partial charge in [0, 0.05) is 11.8 Å². The van der Waals surface area contributed by atoms with Crippen LogP contribution in [0.4, 0.5) is 0 Å². The SMILES string of the molecule is C=Cc1ccc(-c2ccc(C(C)C)cc2)nc1. The van der Waals surface area contributed by atoms with Gasteiger partial charge in [0.05, 0.1) is 5.69 Å². The molecule has 2 rings (SSSR count). The second-order valence-electron chi connectivity index (χ2n) is 4.46. The molecule has 0 bridgehead atoms. The molecule has 0 radical (unpaired) electrons. The molecule has 0 aliphatic heterocycles. The topological polar surface area (TPSA) is 12.9 Å². The van der Waals surface area contributed by atoms with Crippen LogP contribution in [0.5, 0.6) is 0 Å². The maximum Gasteiger partial charge on any atom is 0.0702 e. The molecule has 0 saturated heterocycles. The monoisotopic (exact) mass is 223 g/mol. The molecule has 0 atom stereocenters. The molecule has 0 spiro atoms. The first kappa shape index (κ1) is 11.6. The van der Waals surface area contributed by atoms with E-state index in [0.717, 1.165) is 16.8 Å². The van der Waals surface area contributed by atoms with Gasteiger partial charge in [-0.2, -0.15) is 0 Å². The Morgan fingerprint density at radius 3 is 2.24 bits per heavy atom. The third-order valence-corrected chi connectivity index (χ3v) is 2.90. The minimum Gasteiger partial charge on any atom is -0.256 e. The van der Waals surface area contributed by atoms with E-state index < -0.39 is 0 Å². The van der Waals surface area contributed by atoms with E-state index in [4.69, 9.17) is 0 Å². The Hall–Kier alpha value is -1.89. The van der Waals surface area contributed by atoms with Gasteiger partial charge in [-0.25, -0.2) is 0 Å². The number of benzene rings is 1. The third kappa shape index (κ3) is 2.62. The Labute approximate surface area is 103 Å². The summed E-state index contributed by atoms with van der Waals surface area (Å²) in [5.74, 6) is 0.570. The van der Waals surface area contributed by atoms with E-state index in [9.17, 15) is 0 Å². The van der Waals surface area contributed by atoms with E-state index in [0.29, 0.717) is 5.92 Å². The van der Waals surface area contributed by atoms with Crippen LogP contribution in [0.3, 0.4) is 0 Å². The molecule has 1 heteroatoms. The van der Waals surface area contributed by atoms with Crippen LogP contribution in [-0.2, 0) is 0 Å². The van der Waals surface area contributed by atoms with Crippen molar-refractivity contribution in [1.29, 1.82) is 0 Å². The average Bonchev–Trinajstić information content (AvgIpc) is 2.39. The van der Waals surface area contributed by atoms with Gasteiger partial charge in [-0.05, 0) is 23.1 Å². The van der Waals surface area contributed by atoms with Crippen LogP contribution < -0.4 is 0 Å². The van der Waals surface area contributed by atoms with Crippen LogP contribution in [0.2, 0.25) is 0 Å². The van der Waals surface area contributed by atoms with Gasteiger partial charge in [-0.3, -0.25) is 4.98 Å². The molecule has 1 aromatic carbocycles. The lowest BCUT2D eigenvalue weighted by Crippen LogP contribution is -1.88. The predicted molar refractivity (Wildman–Crippen MR) is 73.9 cm³/mol. The van der Waals surface area contributed by atoms with Gasteiger partial charge in [-0.15, -0.1) is 0 Å². The van der Waals surface area contributed by atoms with Crippen molar-refractivity contribution in [3.63, 3.8) is 0 Å². The molecule has 0 saturated carbocycles. The second-order valence-corrected chi connectivity index (χ2v) is 4.46. The molecule has 0 N–H and O–H groups in total. The smallest absolute Gasteiger partial charge is 0.0702 e. The fraction of sp³-hybridized carbons (Fsp3) is 0.188. The lowest BCUT2D eigenvalue weighted by atomic mass is 10.0. The molecule has 0 amide bonds. The molecular weight excluding hydrogens is 206 g/mol. The summed E-state index contributed by atoms with van der Waals surface area (Å²) in [6, 6.07) is 12.7.